The lowest BCUT2D eigenvalue weighted by atomic mass is 10.2. The highest BCUT2D eigenvalue weighted by Crippen LogP contribution is 2.16. The van der Waals surface area contributed by atoms with Gasteiger partial charge in [0.1, 0.15) is 12.4 Å². The molecule has 1 aliphatic rings. The molecule has 1 aromatic rings. The van der Waals surface area contributed by atoms with Gasteiger partial charge in [-0.25, -0.2) is 4.99 Å². The fraction of sp³-hybridized carbons (Fsp3) is 0.357. The Balaban J connectivity index is 2.09. The molecule has 1 aromatic carbocycles. The van der Waals surface area contributed by atoms with Gasteiger partial charge in [0.25, 0.3) is 0 Å². The standard InChI is InChI=1S/C14H16N2O3/c1-10(17)9-13(18)16(2)12-5-3-11(4-6-12)14-15-7-8-19-14/h3-6H,7-9H2,1-2H3. The molecule has 100 valence electrons. The molecule has 0 spiro atoms. The maximum atomic E-state index is 11.8. The van der Waals surface area contributed by atoms with Gasteiger partial charge in [-0.2, -0.15) is 0 Å². The van der Waals surface area contributed by atoms with Gasteiger partial charge in [0.05, 0.1) is 13.0 Å². The van der Waals surface area contributed by atoms with Crippen LogP contribution >= 0.6 is 0 Å². The molecule has 0 aromatic heterocycles. The first kappa shape index (κ1) is 13.3. The first-order chi connectivity index (χ1) is 9.08. The molecule has 1 aliphatic heterocycles. The summed E-state index contributed by atoms with van der Waals surface area (Å²) in [6.07, 6.45) is -0.0753. The molecular formula is C14H16N2O3. The number of anilines is 1. The van der Waals surface area contributed by atoms with Crippen LogP contribution in [0.25, 0.3) is 0 Å². The van der Waals surface area contributed by atoms with Crippen molar-refractivity contribution < 1.29 is 14.3 Å². The molecule has 0 N–H and O–H groups in total. The Morgan fingerprint density at radius 1 is 1.32 bits per heavy atom. The number of nitrogens with zero attached hydrogens (tertiary/aromatic N) is 2. The lowest BCUT2D eigenvalue weighted by molar-refractivity contribution is -0.125. The molecule has 19 heavy (non-hydrogen) atoms. The minimum Gasteiger partial charge on any atom is -0.476 e. The van der Waals surface area contributed by atoms with E-state index < -0.39 is 0 Å². The Morgan fingerprint density at radius 3 is 2.53 bits per heavy atom. The van der Waals surface area contributed by atoms with Crippen LogP contribution in [0, 0.1) is 0 Å². The van der Waals surface area contributed by atoms with Crippen molar-refractivity contribution >= 4 is 23.3 Å². The molecule has 0 aliphatic carbocycles. The van der Waals surface area contributed by atoms with Crippen molar-refractivity contribution in [1.29, 1.82) is 0 Å². The van der Waals surface area contributed by atoms with Gasteiger partial charge in [-0.3, -0.25) is 9.59 Å². The van der Waals surface area contributed by atoms with Crippen molar-refractivity contribution in [2.75, 3.05) is 25.1 Å². The van der Waals surface area contributed by atoms with Gasteiger partial charge < -0.3 is 9.64 Å². The van der Waals surface area contributed by atoms with Crippen LogP contribution in [0.2, 0.25) is 0 Å². The smallest absolute Gasteiger partial charge is 0.234 e. The quantitative estimate of drug-likeness (QED) is 0.769. The first-order valence-electron chi connectivity index (χ1n) is 6.11. The lowest BCUT2D eigenvalue weighted by Gasteiger charge is -2.17. The molecule has 0 saturated heterocycles. The maximum absolute atomic E-state index is 11.8. The van der Waals surface area contributed by atoms with E-state index in [2.05, 4.69) is 4.99 Å². The van der Waals surface area contributed by atoms with Gasteiger partial charge in [0.2, 0.25) is 11.8 Å². The second-order valence-corrected chi connectivity index (χ2v) is 4.41. The number of benzene rings is 1. The molecule has 0 saturated carbocycles. The van der Waals surface area contributed by atoms with Crippen LogP contribution in [-0.2, 0) is 14.3 Å². The predicted octanol–water partition coefficient (Wildman–Crippen LogP) is 1.41. The van der Waals surface area contributed by atoms with E-state index in [-0.39, 0.29) is 18.1 Å². The zero-order chi connectivity index (χ0) is 13.8. The summed E-state index contributed by atoms with van der Waals surface area (Å²) in [6, 6.07) is 7.35. The Kier molecular flexibility index (Phi) is 3.94. The van der Waals surface area contributed by atoms with Crippen LogP contribution < -0.4 is 4.90 Å². The number of amides is 1. The average Bonchev–Trinajstić information content (AvgIpc) is 2.91. The molecule has 1 heterocycles. The fourth-order valence-electron chi connectivity index (χ4n) is 1.81. The summed E-state index contributed by atoms with van der Waals surface area (Å²) in [6.45, 7) is 2.71. The largest absolute Gasteiger partial charge is 0.476 e. The molecule has 0 radical (unpaired) electrons. The van der Waals surface area contributed by atoms with Crippen molar-refractivity contribution in [3.63, 3.8) is 0 Å². The van der Waals surface area contributed by atoms with Gasteiger partial charge in [0, 0.05) is 18.3 Å². The summed E-state index contributed by atoms with van der Waals surface area (Å²) in [7, 11) is 1.66. The summed E-state index contributed by atoms with van der Waals surface area (Å²) in [5.41, 5.74) is 1.64. The molecular weight excluding hydrogens is 244 g/mol. The molecule has 0 atom stereocenters. The SMILES string of the molecule is CC(=O)CC(=O)N(C)c1ccc(C2=NCCO2)cc1. The number of carbonyl (C=O) groups is 2. The number of carbonyl (C=O) groups excluding carboxylic acids is 2. The number of Topliss-reactive ketones (excluding diaryl/α,β-unsaturated/α-hetero) is 1. The topological polar surface area (TPSA) is 59.0 Å². The molecule has 2 rings (SSSR count). The highest BCUT2D eigenvalue weighted by molar-refractivity contribution is 6.05. The normalized spacial score (nSPS) is 13.7. The van der Waals surface area contributed by atoms with E-state index >= 15 is 0 Å². The fourth-order valence-corrected chi connectivity index (χ4v) is 1.81. The Labute approximate surface area is 111 Å². The Morgan fingerprint density at radius 2 is 2.00 bits per heavy atom. The number of ether oxygens (including phenoxy) is 1. The number of hydrogen-bond acceptors (Lipinski definition) is 4. The van der Waals surface area contributed by atoms with Gasteiger partial charge in [-0.05, 0) is 31.2 Å². The second kappa shape index (κ2) is 5.65. The Bertz CT molecular complexity index is 520. The molecule has 0 unspecified atom stereocenters. The van der Waals surface area contributed by atoms with Crippen LogP contribution in [0.4, 0.5) is 5.69 Å². The van der Waals surface area contributed by atoms with E-state index in [1.54, 1.807) is 7.05 Å². The zero-order valence-corrected chi connectivity index (χ0v) is 11.0. The van der Waals surface area contributed by atoms with E-state index in [0.29, 0.717) is 19.0 Å². The highest BCUT2D eigenvalue weighted by Gasteiger charge is 2.14. The summed E-state index contributed by atoms with van der Waals surface area (Å²) in [5, 5.41) is 0. The van der Waals surface area contributed by atoms with E-state index in [0.717, 1.165) is 11.3 Å². The van der Waals surface area contributed by atoms with E-state index in [9.17, 15) is 9.59 Å². The first-order valence-corrected chi connectivity index (χ1v) is 6.11. The van der Waals surface area contributed by atoms with E-state index in [4.69, 9.17) is 4.74 Å². The lowest BCUT2D eigenvalue weighted by Crippen LogP contribution is -2.27. The van der Waals surface area contributed by atoms with Crippen molar-refractivity contribution in [2.45, 2.75) is 13.3 Å². The predicted molar refractivity (Wildman–Crippen MR) is 72.5 cm³/mol. The molecule has 0 fully saturated rings. The number of ketones is 1. The van der Waals surface area contributed by atoms with Crippen molar-refractivity contribution in [1.82, 2.24) is 0 Å². The maximum Gasteiger partial charge on any atom is 0.234 e. The van der Waals surface area contributed by atoms with Gasteiger partial charge in [0.15, 0.2) is 0 Å². The monoisotopic (exact) mass is 260 g/mol. The van der Waals surface area contributed by atoms with E-state index in [1.807, 2.05) is 24.3 Å². The van der Waals surface area contributed by atoms with Crippen molar-refractivity contribution in [3.05, 3.63) is 29.8 Å². The van der Waals surface area contributed by atoms with Crippen molar-refractivity contribution in [2.24, 2.45) is 4.99 Å². The third-order valence-corrected chi connectivity index (χ3v) is 2.86. The summed E-state index contributed by atoms with van der Waals surface area (Å²) >= 11 is 0. The zero-order valence-electron chi connectivity index (χ0n) is 11.0. The number of aliphatic imine (C=N–C) groups is 1. The second-order valence-electron chi connectivity index (χ2n) is 4.41. The van der Waals surface area contributed by atoms with Gasteiger partial charge in [-0.1, -0.05) is 0 Å². The third kappa shape index (κ3) is 3.19. The van der Waals surface area contributed by atoms with Crippen molar-refractivity contribution in [3.8, 4) is 0 Å². The minimum absolute atomic E-state index is 0.0753. The van der Waals surface area contributed by atoms with E-state index in [1.165, 1.54) is 11.8 Å². The summed E-state index contributed by atoms with van der Waals surface area (Å²) in [4.78, 5) is 28.4. The molecule has 5 heteroatoms. The molecule has 0 bridgehead atoms. The summed E-state index contributed by atoms with van der Waals surface area (Å²) in [5.74, 6) is 0.293. The highest BCUT2D eigenvalue weighted by atomic mass is 16.5. The van der Waals surface area contributed by atoms with Crippen LogP contribution in [0.15, 0.2) is 29.3 Å². The molecule has 1 amide bonds. The average molecular weight is 260 g/mol. The van der Waals surface area contributed by atoms with Gasteiger partial charge >= 0.3 is 0 Å². The van der Waals surface area contributed by atoms with Gasteiger partial charge in [-0.15, -0.1) is 0 Å². The minimum atomic E-state index is -0.213. The van der Waals surface area contributed by atoms with Crippen LogP contribution in [0.1, 0.15) is 18.9 Å². The third-order valence-electron chi connectivity index (χ3n) is 2.86. The number of rotatable bonds is 4. The van der Waals surface area contributed by atoms with Crippen LogP contribution in [0.5, 0.6) is 0 Å². The Hall–Kier alpha value is -2.17. The van der Waals surface area contributed by atoms with Crippen LogP contribution in [-0.4, -0.2) is 37.8 Å². The molecule has 5 nitrogen and oxygen atoms in total. The number of hydrogen-bond donors (Lipinski definition) is 0. The van der Waals surface area contributed by atoms with Crippen LogP contribution in [0.3, 0.4) is 0 Å². The summed E-state index contributed by atoms with van der Waals surface area (Å²) < 4.78 is 5.36.